The average molecular weight is 426 g/mol. The first kappa shape index (κ1) is 20.9. The highest BCUT2D eigenvalue weighted by atomic mass is 16.5. The number of ether oxygens (including phenoxy) is 1. The number of para-hydroxylation sites is 1. The van der Waals surface area contributed by atoms with Crippen LogP contribution in [0.1, 0.15) is 0 Å². The number of benzene rings is 2. The third-order valence-electron chi connectivity index (χ3n) is 4.92. The molecule has 1 fully saturated rings. The minimum Gasteiger partial charge on any atom is -0.457 e. The van der Waals surface area contributed by atoms with Gasteiger partial charge in [-0.05, 0) is 42.5 Å². The van der Waals surface area contributed by atoms with E-state index in [9.17, 15) is 10.1 Å². The molecule has 0 radical (unpaired) electrons. The van der Waals surface area contributed by atoms with Crippen molar-refractivity contribution in [1.29, 1.82) is 5.26 Å². The molecule has 1 aliphatic heterocycles. The Kier molecular flexibility index (Phi) is 6.58. The van der Waals surface area contributed by atoms with Gasteiger partial charge in [0, 0.05) is 50.5 Å². The summed E-state index contributed by atoms with van der Waals surface area (Å²) in [5.41, 5.74) is 0.640. The summed E-state index contributed by atoms with van der Waals surface area (Å²) in [5.74, 6) is 1.63. The second-order valence-electron chi connectivity index (χ2n) is 7.12. The van der Waals surface area contributed by atoms with Crippen molar-refractivity contribution in [2.24, 2.45) is 0 Å². The van der Waals surface area contributed by atoms with Crippen LogP contribution in [-0.4, -0.2) is 47.0 Å². The van der Waals surface area contributed by atoms with Gasteiger partial charge in [-0.1, -0.05) is 18.2 Å². The van der Waals surface area contributed by atoms with Crippen molar-refractivity contribution in [2.45, 2.75) is 0 Å². The zero-order valence-electron chi connectivity index (χ0n) is 17.4. The SMILES string of the molecule is N#C/C(=C/N1CCN(c2ncccn2)CC1)C(=O)Nc1ccc(Oc2ccccc2)cc1. The van der Waals surface area contributed by atoms with E-state index in [-0.39, 0.29) is 5.57 Å². The number of nitriles is 1. The Hall–Kier alpha value is -4.38. The molecule has 4 rings (SSSR count). The highest BCUT2D eigenvalue weighted by Crippen LogP contribution is 2.23. The quantitative estimate of drug-likeness (QED) is 0.477. The summed E-state index contributed by atoms with van der Waals surface area (Å²) in [6.07, 6.45) is 5.05. The van der Waals surface area contributed by atoms with Crippen LogP contribution < -0.4 is 15.0 Å². The number of carbonyl (C=O) groups excluding carboxylic acids is 1. The maximum atomic E-state index is 12.6. The third-order valence-corrected chi connectivity index (χ3v) is 4.92. The van der Waals surface area contributed by atoms with Crippen molar-refractivity contribution in [1.82, 2.24) is 14.9 Å². The van der Waals surface area contributed by atoms with Gasteiger partial charge in [0.05, 0.1) is 0 Å². The van der Waals surface area contributed by atoms with Crippen LogP contribution >= 0.6 is 0 Å². The fourth-order valence-electron chi connectivity index (χ4n) is 3.26. The molecule has 1 saturated heterocycles. The van der Waals surface area contributed by atoms with E-state index in [0.717, 1.165) is 5.75 Å². The number of anilines is 2. The van der Waals surface area contributed by atoms with E-state index in [1.165, 1.54) is 0 Å². The number of nitrogens with zero attached hydrogens (tertiary/aromatic N) is 5. The summed E-state index contributed by atoms with van der Waals surface area (Å²) in [4.78, 5) is 25.2. The lowest BCUT2D eigenvalue weighted by Crippen LogP contribution is -2.45. The number of piperazine rings is 1. The predicted octanol–water partition coefficient (Wildman–Crippen LogP) is 3.44. The summed E-state index contributed by atoms with van der Waals surface area (Å²) in [6, 6.07) is 20.2. The van der Waals surface area contributed by atoms with Gasteiger partial charge in [0.2, 0.25) is 5.95 Å². The van der Waals surface area contributed by atoms with Gasteiger partial charge in [-0.25, -0.2) is 9.97 Å². The van der Waals surface area contributed by atoms with Crippen molar-refractivity contribution in [3.63, 3.8) is 0 Å². The molecular formula is C24H22N6O2. The molecule has 0 saturated carbocycles. The highest BCUT2D eigenvalue weighted by molar-refractivity contribution is 6.06. The van der Waals surface area contributed by atoms with E-state index in [1.54, 1.807) is 48.9 Å². The Morgan fingerprint density at radius 3 is 2.25 bits per heavy atom. The van der Waals surface area contributed by atoms with Crippen LogP contribution in [0.5, 0.6) is 11.5 Å². The first-order valence-corrected chi connectivity index (χ1v) is 10.2. The number of carbonyl (C=O) groups is 1. The predicted molar refractivity (Wildman–Crippen MR) is 121 cm³/mol. The van der Waals surface area contributed by atoms with Crippen molar-refractivity contribution in [3.05, 3.63) is 84.8 Å². The van der Waals surface area contributed by atoms with Crippen LogP contribution in [0.25, 0.3) is 0 Å². The summed E-state index contributed by atoms with van der Waals surface area (Å²) >= 11 is 0. The van der Waals surface area contributed by atoms with Gasteiger partial charge < -0.3 is 19.9 Å². The van der Waals surface area contributed by atoms with E-state index in [4.69, 9.17) is 4.74 Å². The third kappa shape index (κ3) is 5.40. The Morgan fingerprint density at radius 2 is 1.59 bits per heavy atom. The van der Waals surface area contributed by atoms with Gasteiger partial charge in [-0.15, -0.1) is 0 Å². The normalized spacial score (nSPS) is 13.9. The molecule has 0 atom stereocenters. The van der Waals surface area contributed by atoms with Crippen LogP contribution in [0.4, 0.5) is 11.6 Å². The van der Waals surface area contributed by atoms with Gasteiger partial charge in [-0.3, -0.25) is 4.79 Å². The number of aromatic nitrogens is 2. The first-order valence-electron chi connectivity index (χ1n) is 10.2. The second kappa shape index (κ2) is 10.1. The summed E-state index contributed by atoms with van der Waals surface area (Å²) in [6.45, 7) is 2.76. The van der Waals surface area contributed by atoms with Crippen LogP contribution in [0.2, 0.25) is 0 Å². The summed E-state index contributed by atoms with van der Waals surface area (Å²) in [5, 5.41) is 12.3. The Bertz CT molecular complexity index is 1100. The molecule has 2 heterocycles. The van der Waals surface area contributed by atoms with Crippen LogP contribution in [0, 0.1) is 11.3 Å². The summed E-state index contributed by atoms with van der Waals surface area (Å²) < 4.78 is 5.75. The maximum Gasteiger partial charge on any atom is 0.267 e. The number of rotatable bonds is 6. The molecule has 160 valence electrons. The summed E-state index contributed by atoms with van der Waals surface area (Å²) in [7, 11) is 0. The lowest BCUT2D eigenvalue weighted by molar-refractivity contribution is -0.112. The van der Waals surface area contributed by atoms with Gasteiger partial charge in [0.15, 0.2) is 0 Å². The molecule has 0 aliphatic carbocycles. The van der Waals surface area contributed by atoms with Crippen LogP contribution in [0.3, 0.4) is 0 Å². The highest BCUT2D eigenvalue weighted by Gasteiger charge is 2.19. The van der Waals surface area contributed by atoms with E-state index in [2.05, 4.69) is 20.2 Å². The minimum absolute atomic E-state index is 0.0547. The van der Waals surface area contributed by atoms with Crippen LogP contribution in [0.15, 0.2) is 84.8 Å². The van der Waals surface area contributed by atoms with Crippen LogP contribution in [-0.2, 0) is 4.79 Å². The Labute approximate surface area is 186 Å². The zero-order chi connectivity index (χ0) is 22.2. The second-order valence-corrected chi connectivity index (χ2v) is 7.12. The molecular weight excluding hydrogens is 404 g/mol. The average Bonchev–Trinajstić information content (AvgIpc) is 2.85. The molecule has 1 aliphatic rings. The molecule has 3 aromatic rings. The van der Waals surface area contributed by atoms with E-state index >= 15 is 0 Å². The van der Waals surface area contributed by atoms with E-state index < -0.39 is 5.91 Å². The number of hydrogen-bond donors (Lipinski definition) is 1. The van der Waals surface area contributed by atoms with Gasteiger partial charge in [-0.2, -0.15) is 5.26 Å². The minimum atomic E-state index is -0.446. The fraction of sp³-hybridized carbons (Fsp3) is 0.167. The molecule has 0 spiro atoms. The topological polar surface area (TPSA) is 94.4 Å². The fourth-order valence-corrected chi connectivity index (χ4v) is 3.26. The van der Waals surface area contributed by atoms with Gasteiger partial charge in [0.25, 0.3) is 5.91 Å². The molecule has 8 nitrogen and oxygen atoms in total. The van der Waals surface area contributed by atoms with Gasteiger partial charge >= 0.3 is 0 Å². The molecule has 1 amide bonds. The number of hydrogen-bond acceptors (Lipinski definition) is 7. The molecule has 32 heavy (non-hydrogen) atoms. The van der Waals surface area contributed by atoms with Gasteiger partial charge in [0.1, 0.15) is 23.1 Å². The van der Waals surface area contributed by atoms with Crippen molar-refractivity contribution in [2.75, 3.05) is 36.4 Å². The van der Waals surface area contributed by atoms with Crippen molar-refractivity contribution in [3.8, 4) is 17.6 Å². The standard InChI is InChI=1S/C24H22N6O2/c25-17-19(18-29-13-15-30(16-14-29)24-26-11-4-12-27-24)23(31)28-20-7-9-22(10-8-20)32-21-5-2-1-3-6-21/h1-12,18H,13-16H2,(H,28,31)/b19-18-. The van der Waals surface area contributed by atoms with E-state index in [0.29, 0.717) is 43.6 Å². The smallest absolute Gasteiger partial charge is 0.267 e. The lowest BCUT2D eigenvalue weighted by Gasteiger charge is -2.34. The lowest BCUT2D eigenvalue weighted by atomic mass is 10.2. The first-order chi connectivity index (χ1) is 15.7. The number of amides is 1. The largest absolute Gasteiger partial charge is 0.457 e. The number of nitrogens with one attached hydrogen (secondary N) is 1. The van der Waals surface area contributed by atoms with E-state index in [1.807, 2.05) is 41.3 Å². The van der Waals surface area contributed by atoms with Crippen molar-refractivity contribution >= 4 is 17.5 Å². The Balaban J connectivity index is 1.33. The molecule has 0 bridgehead atoms. The molecule has 8 heteroatoms. The zero-order valence-corrected chi connectivity index (χ0v) is 17.4. The van der Waals surface area contributed by atoms with Crippen molar-refractivity contribution < 1.29 is 9.53 Å². The molecule has 1 aromatic heterocycles. The molecule has 1 N–H and O–H groups in total. The monoisotopic (exact) mass is 426 g/mol. The molecule has 0 unspecified atom stereocenters. The Morgan fingerprint density at radius 1 is 0.938 bits per heavy atom. The molecule has 2 aromatic carbocycles. The maximum absolute atomic E-state index is 12.6.